The molecule has 50 valence electrons. The SMILES string of the molecule is CCCCC.O=NO. The van der Waals surface area contributed by atoms with Crippen molar-refractivity contribution in [3.8, 4) is 0 Å². The van der Waals surface area contributed by atoms with Gasteiger partial charge in [-0.3, -0.25) is 0 Å². The van der Waals surface area contributed by atoms with Crippen molar-refractivity contribution < 1.29 is 5.21 Å². The monoisotopic (exact) mass is 119 g/mol. The highest BCUT2D eigenvalue weighted by Crippen LogP contribution is 1.88. The molecule has 0 aromatic heterocycles. The van der Waals surface area contributed by atoms with Crippen LogP contribution in [0.4, 0.5) is 0 Å². The average Bonchev–Trinajstić information content (AvgIpc) is 1.71. The van der Waals surface area contributed by atoms with Crippen LogP contribution in [-0.2, 0) is 0 Å². The minimum atomic E-state index is 1.25. The maximum atomic E-state index is 8.11. The van der Waals surface area contributed by atoms with E-state index in [0.717, 1.165) is 0 Å². The molecule has 0 radical (unpaired) electrons. The lowest BCUT2D eigenvalue weighted by Crippen LogP contribution is -1.59. The van der Waals surface area contributed by atoms with Gasteiger partial charge in [0.05, 0.1) is 0 Å². The zero-order valence-electron chi connectivity index (χ0n) is 5.42. The highest BCUT2D eigenvalue weighted by Gasteiger charge is 1.68. The Balaban J connectivity index is 0. The number of nitrogens with zero attached hydrogens (tertiary/aromatic N) is 1. The summed E-state index contributed by atoms with van der Waals surface area (Å²) in [6.07, 6.45) is 4.08. The topological polar surface area (TPSA) is 49.7 Å². The van der Waals surface area contributed by atoms with Crippen molar-refractivity contribution in [1.29, 1.82) is 0 Å². The maximum Gasteiger partial charge on any atom is 0.152 e. The lowest BCUT2D eigenvalue weighted by molar-refractivity contribution is 0.312. The van der Waals surface area contributed by atoms with E-state index in [9.17, 15) is 0 Å². The van der Waals surface area contributed by atoms with E-state index in [-0.39, 0.29) is 0 Å². The van der Waals surface area contributed by atoms with E-state index in [2.05, 4.69) is 13.8 Å². The largest absolute Gasteiger partial charge is 0.379 e. The van der Waals surface area contributed by atoms with Crippen molar-refractivity contribution in [3.63, 3.8) is 0 Å². The van der Waals surface area contributed by atoms with Crippen LogP contribution in [0.25, 0.3) is 0 Å². The van der Waals surface area contributed by atoms with Crippen LogP contribution < -0.4 is 0 Å². The van der Waals surface area contributed by atoms with Crippen molar-refractivity contribution in [2.24, 2.45) is 5.34 Å². The van der Waals surface area contributed by atoms with Crippen LogP contribution in [0.3, 0.4) is 0 Å². The van der Waals surface area contributed by atoms with Gasteiger partial charge in [0.15, 0.2) is 5.34 Å². The molecule has 0 aromatic carbocycles. The molecule has 3 heteroatoms. The summed E-state index contributed by atoms with van der Waals surface area (Å²) < 4.78 is 0. The van der Waals surface area contributed by atoms with E-state index >= 15 is 0 Å². The highest BCUT2D eigenvalue weighted by molar-refractivity contribution is 4.24. The molecule has 3 nitrogen and oxygen atoms in total. The van der Waals surface area contributed by atoms with Gasteiger partial charge in [-0.2, -0.15) is 0 Å². The molecule has 0 heterocycles. The molecule has 0 spiro atoms. The van der Waals surface area contributed by atoms with Crippen LogP contribution in [0.1, 0.15) is 33.1 Å². The van der Waals surface area contributed by atoms with Crippen molar-refractivity contribution >= 4 is 0 Å². The molecule has 0 aliphatic heterocycles. The average molecular weight is 119 g/mol. The first-order valence-corrected chi connectivity index (χ1v) is 2.80. The van der Waals surface area contributed by atoms with E-state index in [1.807, 2.05) is 0 Å². The van der Waals surface area contributed by atoms with Gasteiger partial charge in [0, 0.05) is 0 Å². The van der Waals surface area contributed by atoms with Crippen LogP contribution in [0.2, 0.25) is 0 Å². The van der Waals surface area contributed by atoms with Gasteiger partial charge in [0.25, 0.3) is 0 Å². The zero-order valence-corrected chi connectivity index (χ0v) is 5.42. The quantitative estimate of drug-likeness (QED) is 0.448. The normalized spacial score (nSPS) is 6.75. The van der Waals surface area contributed by atoms with Gasteiger partial charge in [-0.25, -0.2) is 0 Å². The standard InChI is InChI=1S/C5H12.HNO2/c1-3-5-4-2;2-1-3/h3-5H2,1-2H3;(H,2,3). The fourth-order valence-corrected chi connectivity index (χ4v) is 0.354. The van der Waals surface area contributed by atoms with Gasteiger partial charge in [-0.05, 0) is 0 Å². The van der Waals surface area contributed by atoms with Gasteiger partial charge in [-0.15, -0.1) is 4.91 Å². The number of hydrogen-bond acceptors (Lipinski definition) is 2. The molecule has 0 aliphatic carbocycles. The third-order valence-corrected chi connectivity index (χ3v) is 0.707. The predicted octanol–water partition coefficient (Wildman–Crippen LogP) is 2.34. The first kappa shape index (κ1) is 10.4. The Kier molecular flexibility index (Phi) is 21.0. The molecule has 0 saturated heterocycles. The minimum Gasteiger partial charge on any atom is -0.379 e. The van der Waals surface area contributed by atoms with Crippen LogP contribution in [0, 0.1) is 4.91 Å². The summed E-state index contributed by atoms with van der Waals surface area (Å²) in [4.78, 5) is 8.11. The van der Waals surface area contributed by atoms with Gasteiger partial charge in [0.1, 0.15) is 0 Å². The van der Waals surface area contributed by atoms with E-state index in [1.54, 1.807) is 0 Å². The van der Waals surface area contributed by atoms with Crippen LogP contribution in [-0.4, -0.2) is 5.21 Å². The zero-order chi connectivity index (χ0) is 6.83. The van der Waals surface area contributed by atoms with Gasteiger partial charge < -0.3 is 5.21 Å². The molecule has 0 fully saturated rings. The summed E-state index contributed by atoms with van der Waals surface area (Å²) in [5.41, 5.74) is 0. The molecule has 0 atom stereocenters. The Labute approximate surface area is 49.6 Å². The van der Waals surface area contributed by atoms with Gasteiger partial charge in [-0.1, -0.05) is 33.1 Å². The molecule has 1 N–H and O–H groups in total. The molecule has 0 amide bonds. The lowest BCUT2D eigenvalue weighted by Gasteiger charge is -1.79. The Bertz CT molecular complexity index is 37.4. The van der Waals surface area contributed by atoms with Crippen LogP contribution in [0.15, 0.2) is 5.34 Å². The minimum absolute atomic E-state index is 1.25. The fraction of sp³-hybridized carbons (Fsp3) is 1.00. The number of rotatable bonds is 2. The fourth-order valence-electron chi connectivity index (χ4n) is 0.354. The van der Waals surface area contributed by atoms with E-state index in [1.165, 1.54) is 24.6 Å². The van der Waals surface area contributed by atoms with Crippen LogP contribution in [0.5, 0.6) is 0 Å². The van der Waals surface area contributed by atoms with E-state index < -0.39 is 0 Å². The summed E-state index contributed by atoms with van der Waals surface area (Å²) in [5.74, 6) is 0. The van der Waals surface area contributed by atoms with Crippen molar-refractivity contribution in [2.45, 2.75) is 33.1 Å². The molecule has 0 bridgehead atoms. The van der Waals surface area contributed by atoms with Crippen molar-refractivity contribution in [3.05, 3.63) is 4.91 Å². The molecule has 0 rings (SSSR count). The van der Waals surface area contributed by atoms with Crippen LogP contribution >= 0.6 is 0 Å². The summed E-state index contributed by atoms with van der Waals surface area (Å²) in [6, 6.07) is 0. The summed E-state index contributed by atoms with van der Waals surface area (Å²) in [6.45, 7) is 4.42. The predicted molar refractivity (Wildman–Crippen MR) is 32.8 cm³/mol. The molecule has 0 unspecified atom stereocenters. The lowest BCUT2D eigenvalue weighted by atomic mass is 10.3. The Morgan fingerprint density at radius 2 is 1.62 bits per heavy atom. The Morgan fingerprint density at radius 1 is 1.38 bits per heavy atom. The highest BCUT2D eigenvalue weighted by atomic mass is 16.6. The molecule has 8 heavy (non-hydrogen) atoms. The van der Waals surface area contributed by atoms with Crippen molar-refractivity contribution in [2.75, 3.05) is 0 Å². The second kappa shape index (κ2) is 16.1. The maximum absolute atomic E-state index is 8.11. The molecular formula is C5H13NO2. The summed E-state index contributed by atoms with van der Waals surface area (Å²) in [5, 5.41) is 7.89. The Morgan fingerprint density at radius 3 is 1.62 bits per heavy atom. The second-order valence-electron chi connectivity index (χ2n) is 1.44. The first-order chi connectivity index (χ1) is 3.83. The number of unbranched alkanes of at least 4 members (excludes halogenated alkanes) is 2. The van der Waals surface area contributed by atoms with Gasteiger partial charge >= 0.3 is 0 Å². The van der Waals surface area contributed by atoms with Crippen molar-refractivity contribution in [1.82, 2.24) is 0 Å². The van der Waals surface area contributed by atoms with E-state index in [4.69, 9.17) is 10.1 Å². The molecular weight excluding hydrogens is 106 g/mol. The smallest absolute Gasteiger partial charge is 0.152 e. The Hall–Kier alpha value is -0.600. The molecule has 0 aromatic rings. The molecule has 0 saturated carbocycles. The van der Waals surface area contributed by atoms with E-state index in [0.29, 0.717) is 0 Å². The second-order valence-corrected chi connectivity index (χ2v) is 1.44. The summed E-state index contributed by atoms with van der Waals surface area (Å²) in [7, 11) is 0. The molecule has 0 aliphatic rings. The third kappa shape index (κ3) is 53.3. The third-order valence-electron chi connectivity index (χ3n) is 0.707. The van der Waals surface area contributed by atoms with Gasteiger partial charge in [0.2, 0.25) is 0 Å². The first-order valence-electron chi connectivity index (χ1n) is 2.80. The summed E-state index contributed by atoms with van der Waals surface area (Å²) >= 11 is 0. The number of hydrogen-bond donors (Lipinski definition) is 1.